The average Bonchev–Trinajstić information content (AvgIpc) is 3.22. The highest BCUT2D eigenvalue weighted by Gasteiger charge is 2.42. The number of alkyl halides is 1. The number of aromatic nitrogens is 4. The molecule has 3 aromatic rings. The third kappa shape index (κ3) is 5.24. The molecule has 0 unspecified atom stereocenters. The summed E-state index contributed by atoms with van der Waals surface area (Å²) in [4.78, 5) is 27.3. The molecule has 10 nitrogen and oxygen atoms in total. The average molecular weight is 551 g/mol. The Morgan fingerprint density at radius 1 is 1.10 bits per heavy atom. The molecule has 3 aliphatic heterocycles. The van der Waals surface area contributed by atoms with Gasteiger partial charge in [-0.1, -0.05) is 29.8 Å². The first-order valence-corrected chi connectivity index (χ1v) is 14.2. The number of fused-ring (bicyclic) bond motifs is 1. The summed E-state index contributed by atoms with van der Waals surface area (Å²) in [5.74, 6) is 0.827. The Labute approximate surface area is 234 Å². The van der Waals surface area contributed by atoms with Crippen molar-refractivity contribution in [3.05, 3.63) is 36.2 Å². The number of benzene rings is 1. The fourth-order valence-electron chi connectivity index (χ4n) is 6.11. The summed E-state index contributed by atoms with van der Waals surface area (Å²) in [7, 11) is 0. The van der Waals surface area contributed by atoms with E-state index in [1.165, 1.54) is 6.33 Å². The molecular weight excluding hydrogens is 511 g/mol. The molecule has 0 saturated carbocycles. The van der Waals surface area contributed by atoms with Gasteiger partial charge in [0.25, 0.3) is 0 Å². The zero-order valence-electron chi connectivity index (χ0n) is 23.8. The SMILES string of the molecule is Cc1ccc(-c2nn([C@@H]3CCN(C4CN(CC5CN(C(=O)OC(C)(C)C)C5)C4)C[C@@H]3F)c3ncnc(N)c23)cc1. The van der Waals surface area contributed by atoms with Gasteiger partial charge >= 0.3 is 6.09 Å². The third-order valence-corrected chi connectivity index (χ3v) is 8.28. The number of carbonyl (C=O) groups is 1. The van der Waals surface area contributed by atoms with Crippen LogP contribution in [-0.4, -0.2) is 104 Å². The van der Waals surface area contributed by atoms with Gasteiger partial charge in [0.15, 0.2) is 5.65 Å². The minimum absolute atomic E-state index is 0.229. The molecule has 2 atom stereocenters. The molecule has 11 heteroatoms. The lowest BCUT2D eigenvalue weighted by atomic mass is 9.95. The number of piperidine rings is 1. The number of carbonyl (C=O) groups excluding carboxylic acids is 1. The molecule has 1 aromatic carbocycles. The smallest absolute Gasteiger partial charge is 0.410 e. The van der Waals surface area contributed by atoms with Gasteiger partial charge in [-0.2, -0.15) is 5.10 Å². The summed E-state index contributed by atoms with van der Waals surface area (Å²) in [6.07, 6.45) is 0.780. The van der Waals surface area contributed by atoms with E-state index >= 15 is 4.39 Å². The second-order valence-corrected chi connectivity index (χ2v) is 12.6. The van der Waals surface area contributed by atoms with E-state index in [2.05, 4.69) is 19.8 Å². The molecule has 2 aromatic heterocycles. The lowest BCUT2D eigenvalue weighted by molar-refractivity contribution is -0.0378. The maximum atomic E-state index is 15.8. The van der Waals surface area contributed by atoms with Gasteiger partial charge in [-0.25, -0.2) is 23.8 Å². The van der Waals surface area contributed by atoms with Gasteiger partial charge in [-0.3, -0.25) is 9.80 Å². The highest BCUT2D eigenvalue weighted by molar-refractivity contribution is 5.98. The highest BCUT2D eigenvalue weighted by atomic mass is 19.1. The van der Waals surface area contributed by atoms with Gasteiger partial charge in [-0.05, 0) is 34.1 Å². The quantitative estimate of drug-likeness (QED) is 0.515. The number of hydrogen-bond acceptors (Lipinski definition) is 8. The van der Waals surface area contributed by atoms with Gasteiger partial charge in [0, 0.05) is 63.3 Å². The van der Waals surface area contributed by atoms with Gasteiger partial charge in [0.2, 0.25) is 0 Å². The van der Waals surface area contributed by atoms with Crippen LogP contribution >= 0.6 is 0 Å². The van der Waals surface area contributed by atoms with Crippen molar-refractivity contribution < 1.29 is 13.9 Å². The number of nitrogen functional groups attached to an aromatic ring is 1. The Kier molecular flexibility index (Phi) is 6.90. The maximum Gasteiger partial charge on any atom is 0.410 e. The number of rotatable bonds is 5. The summed E-state index contributed by atoms with van der Waals surface area (Å²) in [6.45, 7) is 13.2. The van der Waals surface area contributed by atoms with E-state index in [1.54, 1.807) is 9.58 Å². The van der Waals surface area contributed by atoms with Crippen LogP contribution < -0.4 is 5.73 Å². The van der Waals surface area contributed by atoms with E-state index in [-0.39, 0.29) is 6.09 Å². The maximum absolute atomic E-state index is 15.8. The molecule has 3 saturated heterocycles. The number of likely N-dealkylation sites (tertiary alicyclic amines) is 3. The molecular formula is C29H39FN8O2. The van der Waals surface area contributed by atoms with Crippen LogP contribution in [0.5, 0.6) is 0 Å². The number of halogens is 1. The van der Waals surface area contributed by atoms with Crippen molar-refractivity contribution in [1.82, 2.24) is 34.4 Å². The van der Waals surface area contributed by atoms with Gasteiger partial charge in [-0.15, -0.1) is 0 Å². The molecule has 0 bridgehead atoms. The molecule has 0 aliphatic carbocycles. The van der Waals surface area contributed by atoms with Crippen LogP contribution in [0.1, 0.15) is 38.8 Å². The van der Waals surface area contributed by atoms with Crippen LogP contribution in [0, 0.1) is 12.8 Å². The van der Waals surface area contributed by atoms with Crippen molar-refractivity contribution in [2.45, 2.75) is 58.0 Å². The van der Waals surface area contributed by atoms with E-state index in [4.69, 9.17) is 15.6 Å². The normalized spacial score (nSPS) is 23.3. The van der Waals surface area contributed by atoms with Gasteiger partial charge in [0.05, 0.1) is 11.4 Å². The fourth-order valence-corrected chi connectivity index (χ4v) is 6.11. The number of ether oxygens (including phenoxy) is 1. The molecule has 5 heterocycles. The molecule has 3 aliphatic rings. The first-order chi connectivity index (χ1) is 19.1. The standard InChI is InChI=1S/C29H39FN8O2/c1-18-5-7-20(8-6-18)25-24-26(31)32-17-33-27(24)38(34-25)23-9-10-36(16-22(23)30)21-14-35(15-21)11-19-12-37(13-19)28(39)40-29(2,3)4/h5-8,17,19,21-23H,9-16H2,1-4H3,(H2,31,32,33)/t22-,23+/m0/s1. The summed E-state index contributed by atoms with van der Waals surface area (Å²) < 4.78 is 23.0. The van der Waals surface area contributed by atoms with Gasteiger partial charge in [0.1, 0.15) is 29.6 Å². The van der Waals surface area contributed by atoms with E-state index in [0.717, 1.165) is 50.4 Å². The minimum atomic E-state index is -1.07. The van der Waals surface area contributed by atoms with Crippen LogP contribution in [0.3, 0.4) is 0 Å². The van der Waals surface area contributed by atoms with Crippen molar-refractivity contribution in [3.63, 3.8) is 0 Å². The van der Waals surface area contributed by atoms with Crippen molar-refractivity contribution in [2.24, 2.45) is 5.92 Å². The summed E-state index contributed by atoms with van der Waals surface area (Å²) >= 11 is 0. The number of hydrogen-bond donors (Lipinski definition) is 1. The van der Waals surface area contributed by atoms with E-state index in [1.807, 2.05) is 52.0 Å². The minimum Gasteiger partial charge on any atom is -0.444 e. The van der Waals surface area contributed by atoms with Crippen molar-refractivity contribution in [1.29, 1.82) is 0 Å². The van der Waals surface area contributed by atoms with E-state index in [9.17, 15) is 4.79 Å². The molecule has 6 rings (SSSR count). The number of anilines is 1. The monoisotopic (exact) mass is 550 g/mol. The lowest BCUT2D eigenvalue weighted by Crippen LogP contribution is -2.64. The second kappa shape index (κ2) is 10.3. The first kappa shape index (κ1) is 26.9. The topological polar surface area (TPSA) is 106 Å². The predicted molar refractivity (Wildman–Crippen MR) is 152 cm³/mol. The zero-order valence-corrected chi connectivity index (χ0v) is 23.8. The molecule has 214 valence electrons. The number of nitrogens with zero attached hydrogens (tertiary/aromatic N) is 7. The largest absolute Gasteiger partial charge is 0.444 e. The fraction of sp³-hybridized carbons (Fsp3) is 0.586. The Balaban J connectivity index is 1.05. The Morgan fingerprint density at radius 2 is 1.82 bits per heavy atom. The molecule has 3 fully saturated rings. The molecule has 0 spiro atoms. The second-order valence-electron chi connectivity index (χ2n) is 12.6. The summed E-state index contributed by atoms with van der Waals surface area (Å²) in [5.41, 5.74) is 9.13. The Morgan fingerprint density at radius 3 is 2.50 bits per heavy atom. The summed E-state index contributed by atoms with van der Waals surface area (Å²) in [5, 5.41) is 5.53. The number of amides is 1. The van der Waals surface area contributed by atoms with Crippen molar-refractivity contribution in [3.8, 4) is 11.3 Å². The molecule has 0 radical (unpaired) electrons. The number of aryl methyl sites for hydroxylation is 1. The van der Waals surface area contributed by atoms with E-state index in [0.29, 0.717) is 47.5 Å². The van der Waals surface area contributed by atoms with Crippen molar-refractivity contribution in [2.75, 3.05) is 51.5 Å². The first-order valence-electron chi connectivity index (χ1n) is 14.2. The Bertz CT molecular complexity index is 1380. The van der Waals surface area contributed by atoms with Crippen LogP contribution in [-0.2, 0) is 4.74 Å². The number of nitrogens with two attached hydrogens (primary N) is 1. The highest BCUT2D eigenvalue weighted by Crippen LogP contribution is 2.36. The molecule has 40 heavy (non-hydrogen) atoms. The van der Waals surface area contributed by atoms with E-state index < -0.39 is 17.8 Å². The van der Waals surface area contributed by atoms with Crippen LogP contribution in [0.2, 0.25) is 0 Å². The predicted octanol–water partition coefficient (Wildman–Crippen LogP) is 3.52. The van der Waals surface area contributed by atoms with Gasteiger partial charge < -0.3 is 15.4 Å². The zero-order chi connectivity index (χ0) is 28.2. The van der Waals surface area contributed by atoms with Crippen LogP contribution in [0.4, 0.5) is 15.0 Å². The summed E-state index contributed by atoms with van der Waals surface area (Å²) in [6, 6.07) is 8.02. The van der Waals surface area contributed by atoms with Crippen LogP contribution in [0.15, 0.2) is 30.6 Å². The molecule has 1 amide bonds. The lowest BCUT2D eigenvalue weighted by Gasteiger charge is -2.50. The molecule has 2 N–H and O–H groups in total. The van der Waals surface area contributed by atoms with Crippen LogP contribution in [0.25, 0.3) is 22.3 Å². The van der Waals surface area contributed by atoms with Crippen molar-refractivity contribution >= 4 is 22.9 Å². The Hall–Kier alpha value is -3.31. The third-order valence-electron chi connectivity index (χ3n) is 8.28.